The van der Waals surface area contributed by atoms with Crippen LogP contribution in [0.3, 0.4) is 0 Å². The number of carboxylic acid groups (broad SMARTS) is 1. The Balaban J connectivity index is 1.55. The molecule has 2 aliphatic heterocycles. The van der Waals surface area contributed by atoms with Crippen LogP contribution in [0.25, 0.3) is 0 Å². The number of ether oxygens (including phenoxy) is 2. The Morgan fingerprint density at radius 1 is 0.865 bits per heavy atom. The zero-order valence-corrected chi connectivity index (χ0v) is 21.3. The summed E-state index contributed by atoms with van der Waals surface area (Å²) >= 11 is 0. The first kappa shape index (κ1) is 25.1. The summed E-state index contributed by atoms with van der Waals surface area (Å²) in [5.41, 5.74) is 1.95. The molecule has 10 nitrogen and oxygen atoms in total. The molecule has 3 atom stereocenters. The fourth-order valence-electron chi connectivity index (χ4n) is 4.21. The minimum absolute atomic E-state index is 0.00973. The average Bonchev–Trinajstić information content (AvgIpc) is 3.37. The third-order valence-electron chi connectivity index (χ3n) is 6.09. The van der Waals surface area contributed by atoms with Crippen LogP contribution in [0.15, 0.2) is 70.5 Å². The molecule has 1 N–H and O–H groups in total. The van der Waals surface area contributed by atoms with Crippen LogP contribution in [0.2, 0.25) is 0 Å². The largest absolute Gasteiger partial charge is 0.479 e. The summed E-state index contributed by atoms with van der Waals surface area (Å²) in [6, 6.07) is 14.4. The Labute approximate surface area is 213 Å². The van der Waals surface area contributed by atoms with Crippen molar-refractivity contribution in [1.82, 2.24) is 0 Å². The average molecular weight is 547 g/mol. The van der Waals surface area contributed by atoms with Crippen LogP contribution < -0.4 is 13.1 Å². The lowest BCUT2D eigenvalue weighted by Crippen LogP contribution is -2.22. The van der Waals surface area contributed by atoms with Crippen molar-refractivity contribution in [2.75, 3.05) is 0 Å². The molecule has 0 bridgehead atoms. The molecule has 3 aromatic rings. The van der Waals surface area contributed by atoms with Crippen molar-refractivity contribution in [3.63, 3.8) is 0 Å². The SMILES string of the molecule is Cc1ccc(S(=O)(=O)Oc2cc3c(c(OS(=O)(=O)c4ccc(C)cc4)c2)[C@@H]2C[C@@H](C(=O)O)O[C@@H]2O3)cc1. The van der Waals surface area contributed by atoms with Crippen molar-refractivity contribution in [1.29, 1.82) is 0 Å². The Bertz CT molecular complexity index is 1580. The van der Waals surface area contributed by atoms with Gasteiger partial charge < -0.3 is 22.9 Å². The van der Waals surface area contributed by atoms with Crippen molar-refractivity contribution in [2.24, 2.45) is 0 Å². The highest BCUT2D eigenvalue weighted by molar-refractivity contribution is 7.87. The zero-order chi connectivity index (χ0) is 26.5. The maximum atomic E-state index is 13.1. The molecule has 2 heterocycles. The summed E-state index contributed by atoms with van der Waals surface area (Å²) in [7, 11) is -8.62. The number of aryl methyl sites for hydroxylation is 2. The summed E-state index contributed by atoms with van der Waals surface area (Å²) in [5.74, 6) is -2.25. The smallest absolute Gasteiger partial charge is 0.339 e. The molecule has 12 heteroatoms. The third-order valence-corrected chi connectivity index (χ3v) is 8.60. The Morgan fingerprint density at radius 2 is 1.41 bits per heavy atom. The number of aliphatic carboxylic acids is 1. The van der Waals surface area contributed by atoms with Gasteiger partial charge in [0.25, 0.3) is 0 Å². The zero-order valence-electron chi connectivity index (χ0n) is 19.7. The second-order valence-corrected chi connectivity index (χ2v) is 11.9. The molecule has 5 rings (SSSR count). The molecule has 0 saturated carbocycles. The first-order valence-corrected chi connectivity index (χ1v) is 14.0. The van der Waals surface area contributed by atoms with E-state index < -0.39 is 44.5 Å². The van der Waals surface area contributed by atoms with Gasteiger partial charge in [-0.1, -0.05) is 35.4 Å². The van der Waals surface area contributed by atoms with E-state index in [1.165, 1.54) is 30.3 Å². The quantitative estimate of drug-likeness (QED) is 0.437. The third kappa shape index (κ3) is 4.87. The van der Waals surface area contributed by atoms with Crippen LogP contribution >= 0.6 is 0 Å². The molecule has 1 fully saturated rings. The Hall–Kier alpha value is -3.61. The molecule has 1 saturated heterocycles. The molecule has 0 aromatic heterocycles. The standard InChI is InChI=1S/C25H22O10S2/c1-14-3-7-17(8-4-14)36(28,29)34-16-11-20-23(19-13-22(24(26)27)33-25(19)32-20)21(12-16)35-37(30,31)18-9-5-15(2)6-10-18/h3-12,19,22,25H,13H2,1-2H3,(H,26,27)/t19-,22-,25-/m0/s1. The topological polar surface area (TPSA) is 142 Å². The van der Waals surface area contributed by atoms with Crippen molar-refractivity contribution in [3.05, 3.63) is 77.4 Å². The molecular weight excluding hydrogens is 524 g/mol. The lowest BCUT2D eigenvalue weighted by Gasteiger charge is -2.15. The number of fused-ring (bicyclic) bond motifs is 3. The highest BCUT2D eigenvalue weighted by Crippen LogP contribution is 2.52. The van der Waals surface area contributed by atoms with E-state index in [9.17, 15) is 26.7 Å². The fraction of sp³-hybridized carbons (Fsp3) is 0.240. The van der Waals surface area contributed by atoms with Crippen molar-refractivity contribution >= 4 is 26.2 Å². The predicted octanol–water partition coefficient (Wildman–Crippen LogP) is 3.51. The van der Waals surface area contributed by atoms with Gasteiger partial charge in [0, 0.05) is 17.7 Å². The minimum Gasteiger partial charge on any atom is -0.479 e. The number of hydrogen-bond acceptors (Lipinski definition) is 9. The molecule has 194 valence electrons. The van der Waals surface area contributed by atoms with Crippen LogP contribution in [0.1, 0.15) is 29.0 Å². The van der Waals surface area contributed by atoms with Gasteiger partial charge in [-0.3, -0.25) is 0 Å². The van der Waals surface area contributed by atoms with Crippen LogP contribution in [0, 0.1) is 13.8 Å². The van der Waals surface area contributed by atoms with Crippen LogP contribution in [-0.4, -0.2) is 40.3 Å². The second kappa shape index (κ2) is 9.05. The molecule has 37 heavy (non-hydrogen) atoms. The molecule has 3 aromatic carbocycles. The van der Waals surface area contributed by atoms with Crippen LogP contribution in [-0.2, 0) is 29.8 Å². The Kier molecular flexibility index (Phi) is 6.13. The van der Waals surface area contributed by atoms with E-state index >= 15 is 0 Å². The lowest BCUT2D eigenvalue weighted by molar-refractivity contribution is -0.156. The van der Waals surface area contributed by atoms with Crippen molar-refractivity contribution < 1.29 is 44.6 Å². The first-order valence-electron chi connectivity index (χ1n) is 11.2. The molecule has 0 radical (unpaired) electrons. The number of hydrogen-bond donors (Lipinski definition) is 1. The summed E-state index contributed by atoms with van der Waals surface area (Å²) in [6.45, 7) is 3.61. The van der Waals surface area contributed by atoms with Gasteiger partial charge in [-0.05, 0) is 44.5 Å². The molecule has 0 amide bonds. The van der Waals surface area contributed by atoms with Gasteiger partial charge in [0.05, 0.1) is 5.92 Å². The van der Waals surface area contributed by atoms with E-state index in [4.69, 9.17) is 17.8 Å². The highest BCUT2D eigenvalue weighted by atomic mass is 32.2. The van der Waals surface area contributed by atoms with Crippen LogP contribution in [0.4, 0.5) is 0 Å². The van der Waals surface area contributed by atoms with Crippen molar-refractivity contribution in [3.8, 4) is 17.2 Å². The van der Waals surface area contributed by atoms with E-state index in [0.29, 0.717) is 0 Å². The predicted molar refractivity (Wildman–Crippen MR) is 129 cm³/mol. The van der Waals surface area contributed by atoms with E-state index in [1.807, 2.05) is 0 Å². The van der Waals surface area contributed by atoms with Gasteiger partial charge >= 0.3 is 26.2 Å². The molecule has 0 aliphatic carbocycles. The van der Waals surface area contributed by atoms with Gasteiger partial charge in [-0.25, -0.2) is 4.79 Å². The fourth-order valence-corrected chi connectivity index (χ4v) is 6.07. The number of benzene rings is 3. The number of rotatable bonds is 7. The van der Waals surface area contributed by atoms with Crippen molar-refractivity contribution in [2.45, 2.75) is 48.4 Å². The van der Waals surface area contributed by atoms with Gasteiger partial charge in [-0.2, -0.15) is 16.8 Å². The minimum atomic E-state index is -4.35. The Morgan fingerprint density at radius 3 is 1.95 bits per heavy atom. The summed E-state index contributed by atoms with van der Waals surface area (Å²) in [4.78, 5) is 11.2. The van der Waals surface area contributed by atoms with Gasteiger partial charge in [-0.15, -0.1) is 0 Å². The first-order chi connectivity index (χ1) is 17.4. The number of carbonyl (C=O) groups is 1. The van der Waals surface area contributed by atoms with E-state index in [2.05, 4.69) is 0 Å². The second-order valence-electron chi connectivity index (χ2n) is 8.83. The molecule has 0 spiro atoms. The lowest BCUT2D eigenvalue weighted by atomic mass is 9.95. The van der Waals surface area contributed by atoms with Gasteiger partial charge in [0.2, 0.25) is 6.29 Å². The normalized spacial score (nSPS) is 20.5. The summed E-state index contributed by atoms with van der Waals surface area (Å²) < 4.78 is 73.8. The summed E-state index contributed by atoms with van der Waals surface area (Å²) in [5, 5.41) is 9.35. The monoisotopic (exact) mass is 546 g/mol. The number of carboxylic acids is 1. The van der Waals surface area contributed by atoms with E-state index in [-0.39, 0.29) is 39.0 Å². The highest BCUT2D eigenvalue weighted by Gasteiger charge is 2.49. The van der Waals surface area contributed by atoms with E-state index in [0.717, 1.165) is 17.2 Å². The van der Waals surface area contributed by atoms with E-state index in [1.54, 1.807) is 38.1 Å². The molecular formula is C25H22O10S2. The summed E-state index contributed by atoms with van der Waals surface area (Å²) in [6.07, 6.45) is -2.15. The molecule has 2 aliphatic rings. The van der Waals surface area contributed by atoms with Gasteiger partial charge in [0.15, 0.2) is 11.9 Å². The maximum absolute atomic E-state index is 13.1. The van der Waals surface area contributed by atoms with Crippen LogP contribution in [0.5, 0.6) is 17.2 Å². The molecule has 0 unspecified atom stereocenters. The maximum Gasteiger partial charge on any atom is 0.339 e. The van der Waals surface area contributed by atoms with Gasteiger partial charge in [0.1, 0.15) is 21.3 Å².